The van der Waals surface area contributed by atoms with Gasteiger partial charge < -0.3 is 4.90 Å². The van der Waals surface area contributed by atoms with E-state index in [4.69, 9.17) is 0 Å². The van der Waals surface area contributed by atoms with Crippen molar-refractivity contribution in [2.24, 2.45) is 7.05 Å². The van der Waals surface area contributed by atoms with E-state index < -0.39 is 0 Å². The highest BCUT2D eigenvalue weighted by Crippen LogP contribution is 2.21. The lowest BCUT2D eigenvalue weighted by Crippen LogP contribution is -2.30. The van der Waals surface area contributed by atoms with Crippen molar-refractivity contribution in [1.29, 1.82) is 0 Å². The lowest BCUT2D eigenvalue weighted by Gasteiger charge is -2.15. The molecule has 0 N–H and O–H groups in total. The Morgan fingerprint density at radius 3 is 2.80 bits per heavy atom. The van der Waals surface area contributed by atoms with Gasteiger partial charge in [-0.2, -0.15) is 0 Å². The van der Waals surface area contributed by atoms with Gasteiger partial charge in [0.25, 0.3) is 5.91 Å². The molecule has 1 fully saturated rings. The standard InChI is InChI=1S/C8H10Br2N4O/c1-13-6(7(10)11-12-13)8(15)14-3-2-5(9)4-14/h5H,2-4H2,1H3. The van der Waals surface area contributed by atoms with Gasteiger partial charge in [0.05, 0.1) is 0 Å². The molecule has 5 nitrogen and oxygen atoms in total. The molecule has 1 aliphatic heterocycles. The summed E-state index contributed by atoms with van der Waals surface area (Å²) in [6.45, 7) is 1.53. The number of likely N-dealkylation sites (tertiary alicyclic amines) is 1. The molecular formula is C8H10Br2N4O. The van der Waals surface area contributed by atoms with Gasteiger partial charge in [0.1, 0.15) is 0 Å². The largest absolute Gasteiger partial charge is 0.336 e. The van der Waals surface area contributed by atoms with Crippen LogP contribution in [0.2, 0.25) is 0 Å². The Kier molecular flexibility index (Phi) is 3.11. The smallest absolute Gasteiger partial charge is 0.275 e. The Hall–Kier alpha value is -0.430. The van der Waals surface area contributed by atoms with Gasteiger partial charge in [-0.25, -0.2) is 4.68 Å². The second kappa shape index (κ2) is 4.21. The zero-order valence-corrected chi connectivity index (χ0v) is 11.3. The fraction of sp³-hybridized carbons (Fsp3) is 0.625. The molecule has 1 aromatic heterocycles. The Bertz CT molecular complexity index is 372. The second-order valence-electron chi connectivity index (χ2n) is 3.49. The van der Waals surface area contributed by atoms with Crippen molar-refractivity contribution in [3.05, 3.63) is 10.3 Å². The normalized spacial score (nSPS) is 21.0. The number of hydrogen-bond donors (Lipinski definition) is 0. The predicted molar refractivity (Wildman–Crippen MR) is 61.9 cm³/mol. The molecule has 82 valence electrons. The highest BCUT2D eigenvalue weighted by Gasteiger charge is 2.28. The molecule has 0 aromatic carbocycles. The number of rotatable bonds is 1. The van der Waals surface area contributed by atoms with Gasteiger partial charge in [0, 0.05) is 25.0 Å². The van der Waals surface area contributed by atoms with Gasteiger partial charge in [0.2, 0.25) is 0 Å². The maximum Gasteiger partial charge on any atom is 0.275 e. The third-order valence-corrected chi connectivity index (χ3v) is 3.69. The van der Waals surface area contributed by atoms with Crippen molar-refractivity contribution in [1.82, 2.24) is 19.9 Å². The number of aromatic nitrogens is 3. The van der Waals surface area contributed by atoms with E-state index in [1.54, 1.807) is 7.05 Å². The highest BCUT2D eigenvalue weighted by molar-refractivity contribution is 9.10. The molecule has 1 unspecified atom stereocenters. The lowest BCUT2D eigenvalue weighted by atomic mass is 10.4. The van der Waals surface area contributed by atoms with Crippen molar-refractivity contribution in [2.45, 2.75) is 11.2 Å². The number of alkyl halides is 1. The van der Waals surface area contributed by atoms with Gasteiger partial charge in [0.15, 0.2) is 10.3 Å². The SMILES string of the molecule is Cn1nnc(Br)c1C(=O)N1CCC(Br)C1. The summed E-state index contributed by atoms with van der Waals surface area (Å²) in [5.41, 5.74) is 0.511. The zero-order chi connectivity index (χ0) is 11.0. The molecule has 1 saturated heterocycles. The Morgan fingerprint density at radius 1 is 1.60 bits per heavy atom. The summed E-state index contributed by atoms with van der Waals surface area (Å²) < 4.78 is 2.00. The van der Waals surface area contributed by atoms with Gasteiger partial charge in [-0.3, -0.25) is 4.79 Å². The molecule has 2 heterocycles. The topological polar surface area (TPSA) is 51.0 Å². The Balaban J connectivity index is 2.21. The molecule has 1 aromatic rings. The van der Waals surface area contributed by atoms with E-state index in [0.717, 1.165) is 19.5 Å². The highest BCUT2D eigenvalue weighted by atomic mass is 79.9. The van der Waals surface area contributed by atoms with E-state index in [-0.39, 0.29) is 5.91 Å². The lowest BCUT2D eigenvalue weighted by molar-refractivity contribution is 0.0781. The molecule has 0 aliphatic carbocycles. The number of halogens is 2. The molecular weight excluding hydrogens is 328 g/mol. The quantitative estimate of drug-likeness (QED) is 0.723. The predicted octanol–water partition coefficient (Wildman–Crippen LogP) is 1.19. The van der Waals surface area contributed by atoms with Crippen LogP contribution in [0.1, 0.15) is 16.9 Å². The average molecular weight is 338 g/mol. The maximum atomic E-state index is 12.1. The van der Waals surface area contributed by atoms with Crippen LogP contribution in [0, 0.1) is 0 Å². The minimum atomic E-state index is -0.0173. The fourth-order valence-electron chi connectivity index (χ4n) is 1.61. The number of carbonyl (C=O) groups is 1. The Labute approximate surface area is 104 Å². The number of amides is 1. The van der Waals surface area contributed by atoms with Crippen LogP contribution in [0.15, 0.2) is 4.60 Å². The number of carbonyl (C=O) groups excluding carboxylic acids is 1. The van der Waals surface area contributed by atoms with E-state index >= 15 is 0 Å². The van der Waals surface area contributed by atoms with Gasteiger partial charge in [-0.05, 0) is 22.4 Å². The number of aryl methyl sites for hydroxylation is 1. The fourth-order valence-corrected chi connectivity index (χ4v) is 2.66. The first-order valence-corrected chi connectivity index (χ1v) is 6.29. The molecule has 7 heteroatoms. The van der Waals surface area contributed by atoms with Crippen LogP contribution >= 0.6 is 31.9 Å². The van der Waals surface area contributed by atoms with Crippen molar-refractivity contribution >= 4 is 37.8 Å². The van der Waals surface area contributed by atoms with E-state index in [1.165, 1.54) is 4.68 Å². The van der Waals surface area contributed by atoms with E-state index in [9.17, 15) is 4.79 Å². The molecule has 0 bridgehead atoms. The summed E-state index contributed by atoms with van der Waals surface area (Å²) >= 11 is 6.73. The molecule has 2 rings (SSSR count). The molecule has 1 aliphatic rings. The number of hydrogen-bond acceptors (Lipinski definition) is 3. The molecule has 0 radical (unpaired) electrons. The van der Waals surface area contributed by atoms with Gasteiger partial charge >= 0.3 is 0 Å². The summed E-state index contributed by atoms with van der Waals surface area (Å²) in [7, 11) is 1.71. The minimum absolute atomic E-state index is 0.0173. The Morgan fingerprint density at radius 2 is 2.33 bits per heavy atom. The summed E-state index contributed by atoms with van der Waals surface area (Å²) in [4.78, 5) is 14.3. The van der Waals surface area contributed by atoms with Gasteiger partial charge in [-0.1, -0.05) is 21.1 Å². The van der Waals surface area contributed by atoms with E-state index in [1.807, 2.05) is 4.90 Å². The van der Waals surface area contributed by atoms with E-state index in [2.05, 4.69) is 42.2 Å². The van der Waals surface area contributed by atoms with Crippen LogP contribution in [-0.4, -0.2) is 43.7 Å². The minimum Gasteiger partial charge on any atom is -0.336 e. The van der Waals surface area contributed by atoms with Crippen LogP contribution in [0.5, 0.6) is 0 Å². The molecule has 1 amide bonds. The molecule has 0 saturated carbocycles. The zero-order valence-electron chi connectivity index (χ0n) is 8.15. The van der Waals surface area contributed by atoms with E-state index in [0.29, 0.717) is 15.1 Å². The van der Waals surface area contributed by atoms with Crippen molar-refractivity contribution in [2.75, 3.05) is 13.1 Å². The van der Waals surface area contributed by atoms with Crippen molar-refractivity contribution < 1.29 is 4.79 Å². The maximum absolute atomic E-state index is 12.1. The van der Waals surface area contributed by atoms with Crippen LogP contribution in [0.3, 0.4) is 0 Å². The van der Waals surface area contributed by atoms with Crippen LogP contribution < -0.4 is 0 Å². The summed E-state index contributed by atoms with van der Waals surface area (Å²) in [6, 6.07) is 0. The van der Waals surface area contributed by atoms with Crippen LogP contribution in [-0.2, 0) is 7.05 Å². The third kappa shape index (κ3) is 2.08. The number of nitrogens with zero attached hydrogens (tertiary/aromatic N) is 4. The van der Waals surface area contributed by atoms with Crippen LogP contribution in [0.25, 0.3) is 0 Å². The first-order chi connectivity index (χ1) is 7.09. The molecule has 1 atom stereocenters. The molecule has 15 heavy (non-hydrogen) atoms. The second-order valence-corrected chi connectivity index (χ2v) is 5.54. The summed E-state index contributed by atoms with van der Waals surface area (Å²) in [5.74, 6) is -0.0173. The summed E-state index contributed by atoms with van der Waals surface area (Å²) in [6.07, 6.45) is 0.995. The van der Waals surface area contributed by atoms with Gasteiger partial charge in [-0.15, -0.1) is 5.10 Å². The van der Waals surface area contributed by atoms with Crippen molar-refractivity contribution in [3.8, 4) is 0 Å². The van der Waals surface area contributed by atoms with Crippen molar-refractivity contribution in [3.63, 3.8) is 0 Å². The van der Waals surface area contributed by atoms with Crippen LogP contribution in [0.4, 0.5) is 0 Å². The average Bonchev–Trinajstić information content (AvgIpc) is 2.73. The summed E-state index contributed by atoms with van der Waals surface area (Å²) in [5, 5.41) is 7.59. The monoisotopic (exact) mass is 336 g/mol. The molecule has 0 spiro atoms. The first-order valence-electron chi connectivity index (χ1n) is 4.58. The first kappa shape index (κ1) is 11.1. The third-order valence-electron chi connectivity index (χ3n) is 2.41.